The molecule has 104 valence electrons. The van der Waals surface area contributed by atoms with Crippen molar-refractivity contribution < 1.29 is 9.53 Å². The second kappa shape index (κ2) is 6.45. The van der Waals surface area contributed by atoms with Gasteiger partial charge in [0.15, 0.2) is 0 Å². The molecule has 4 nitrogen and oxygen atoms in total. The van der Waals surface area contributed by atoms with Crippen molar-refractivity contribution in [2.45, 2.75) is 32.6 Å². The maximum absolute atomic E-state index is 12.2. The van der Waals surface area contributed by atoms with Gasteiger partial charge >= 0.3 is 6.03 Å². The van der Waals surface area contributed by atoms with Crippen molar-refractivity contribution in [1.82, 2.24) is 4.90 Å². The number of anilines is 1. The van der Waals surface area contributed by atoms with Crippen LogP contribution in [0.1, 0.15) is 31.2 Å². The average Bonchev–Trinajstić information content (AvgIpc) is 2.70. The molecule has 0 unspecified atom stereocenters. The molecule has 1 N–H and O–H groups in total. The molecule has 19 heavy (non-hydrogen) atoms. The molecule has 1 aliphatic rings. The summed E-state index contributed by atoms with van der Waals surface area (Å²) in [5, 5.41) is 2.99. The van der Waals surface area contributed by atoms with Crippen molar-refractivity contribution in [3.63, 3.8) is 0 Å². The molecular weight excluding hydrogens is 240 g/mol. The highest BCUT2D eigenvalue weighted by atomic mass is 16.5. The molecule has 1 aromatic rings. The van der Waals surface area contributed by atoms with E-state index in [1.165, 1.54) is 12.8 Å². The van der Waals surface area contributed by atoms with E-state index in [4.69, 9.17) is 4.74 Å². The molecule has 2 amide bonds. The summed E-state index contributed by atoms with van der Waals surface area (Å²) in [6.07, 6.45) is 4.67. The van der Waals surface area contributed by atoms with Gasteiger partial charge < -0.3 is 15.0 Å². The fraction of sp³-hybridized carbons (Fsp3) is 0.533. The van der Waals surface area contributed by atoms with Crippen molar-refractivity contribution in [3.8, 4) is 5.75 Å². The number of methoxy groups -OCH3 is 1. The predicted molar refractivity (Wildman–Crippen MR) is 76.8 cm³/mol. The average molecular weight is 262 g/mol. The molecule has 1 aromatic carbocycles. The highest BCUT2D eigenvalue weighted by Crippen LogP contribution is 2.21. The topological polar surface area (TPSA) is 41.6 Å². The standard InChI is InChI=1S/C15H22N2O2/c1-12-11-13(19-2)7-8-14(12)16-15(18)17-9-5-3-4-6-10-17/h7-8,11H,3-6,9-10H2,1-2H3,(H,16,18). The normalized spacial score (nSPS) is 15.8. The molecular formula is C15H22N2O2. The fourth-order valence-corrected chi connectivity index (χ4v) is 2.37. The van der Waals surface area contributed by atoms with Crippen LogP contribution in [0.15, 0.2) is 18.2 Å². The van der Waals surface area contributed by atoms with E-state index in [2.05, 4.69) is 5.32 Å². The van der Waals surface area contributed by atoms with Gasteiger partial charge in [-0.25, -0.2) is 4.79 Å². The number of nitrogens with one attached hydrogen (secondary N) is 1. The number of rotatable bonds is 2. The van der Waals surface area contributed by atoms with E-state index in [0.717, 1.165) is 42.9 Å². The van der Waals surface area contributed by atoms with Crippen LogP contribution in [-0.4, -0.2) is 31.1 Å². The Bertz CT molecular complexity index is 438. The second-order valence-corrected chi connectivity index (χ2v) is 5.01. The van der Waals surface area contributed by atoms with Gasteiger partial charge in [0.1, 0.15) is 5.75 Å². The van der Waals surface area contributed by atoms with Gasteiger partial charge in [-0.05, 0) is 43.5 Å². The Hall–Kier alpha value is -1.71. The first-order valence-electron chi connectivity index (χ1n) is 6.91. The van der Waals surface area contributed by atoms with Crippen LogP contribution in [-0.2, 0) is 0 Å². The van der Waals surface area contributed by atoms with E-state index in [9.17, 15) is 4.79 Å². The van der Waals surface area contributed by atoms with Gasteiger partial charge in [-0.3, -0.25) is 0 Å². The first-order valence-corrected chi connectivity index (χ1v) is 6.91. The van der Waals surface area contributed by atoms with Gasteiger partial charge in [0.2, 0.25) is 0 Å². The number of nitrogens with zero attached hydrogens (tertiary/aromatic N) is 1. The summed E-state index contributed by atoms with van der Waals surface area (Å²) < 4.78 is 5.16. The minimum atomic E-state index is 0.00941. The largest absolute Gasteiger partial charge is 0.497 e. The third kappa shape index (κ3) is 3.63. The molecule has 0 aromatic heterocycles. The van der Waals surface area contributed by atoms with E-state index < -0.39 is 0 Å². The van der Waals surface area contributed by atoms with Gasteiger partial charge in [0, 0.05) is 18.8 Å². The number of benzene rings is 1. The first-order chi connectivity index (χ1) is 9.20. The zero-order chi connectivity index (χ0) is 13.7. The maximum atomic E-state index is 12.2. The Morgan fingerprint density at radius 3 is 2.47 bits per heavy atom. The summed E-state index contributed by atoms with van der Waals surface area (Å²) in [4.78, 5) is 14.1. The van der Waals surface area contributed by atoms with E-state index in [1.54, 1.807) is 7.11 Å². The Labute approximate surface area is 114 Å². The van der Waals surface area contributed by atoms with E-state index in [-0.39, 0.29) is 6.03 Å². The highest BCUT2D eigenvalue weighted by molar-refractivity contribution is 5.90. The number of carbonyl (C=O) groups excluding carboxylic acids is 1. The van der Waals surface area contributed by atoms with Crippen molar-refractivity contribution >= 4 is 11.7 Å². The third-order valence-electron chi connectivity index (χ3n) is 3.57. The van der Waals surface area contributed by atoms with Crippen molar-refractivity contribution in [2.75, 3.05) is 25.5 Å². The molecule has 0 radical (unpaired) electrons. The SMILES string of the molecule is COc1ccc(NC(=O)N2CCCCCC2)c(C)c1. The number of carbonyl (C=O) groups is 1. The summed E-state index contributed by atoms with van der Waals surface area (Å²) >= 11 is 0. The zero-order valence-corrected chi connectivity index (χ0v) is 11.7. The molecule has 0 bridgehead atoms. The van der Waals surface area contributed by atoms with Gasteiger partial charge in [0.25, 0.3) is 0 Å². The lowest BCUT2D eigenvalue weighted by Crippen LogP contribution is -2.35. The molecule has 1 aliphatic heterocycles. The third-order valence-corrected chi connectivity index (χ3v) is 3.57. The predicted octanol–water partition coefficient (Wildman–Crippen LogP) is 3.41. The number of amides is 2. The molecule has 0 spiro atoms. The van der Waals surface area contributed by atoms with Crippen LogP contribution in [0.4, 0.5) is 10.5 Å². The van der Waals surface area contributed by atoms with Crippen LogP contribution in [0, 0.1) is 6.92 Å². The minimum absolute atomic E-state index is 0.00941. The number of hydrogen-bond donors (Lipinski definition) is 1. The van der Waals surface area contributed by atoms with Gasteiger partial charge in [0.05, 0.1) is 7.11 Å². The van der Waals surface area contributed by atoms with E-state index in [0.29, 0.717) is 0 Å². The summed E-state index contributed by atoms with van der Waals surface area (Å²) in [6, 6.07) is 5.70. The van der Waals surface area contributed by atoms with Crippen LogP contribution >= 0.6 is 0 Å². The van der Waals surface area contributed by atoms with Crippen molar-refractivity contribution in [2.24, 2.45) is 0 Å². The van der Waals surface area contributed by atoms with Gasteiger partial charge in [-0.1, -0.05) is 12.8 Å². The minimum Gasteiger partial charge on any atom is -0.497 e. The highest BCUT2D eigenvalue weighted by Gasteiger charge is 2.16. The summed E-state index contributed by atoms with van der Waals surface area (Å²) in [6.45, 7) is 3.70. The summed E-state index contributed by atoms with van der Waals surface area (Å²) in [5.41, 5.74) is 1.87. The Kier molecular flexibility index (Phi) is 4.66. The molecule has 0 saturated carbocycles. The lowest BCUT2D eigenvalue weighted by Gasteiger charge is -2.21. The Balaban J connectivity index is 2.01. The molecule has 0 atom stereocenters. The number of likely N-dealkylation sites (tertiary alicyclic amines) is 1. The van der Waals surface area contributed by atoms with E-state index >= 15 is 0 Å². The quantitative estimate of drug-likeness (QED) is 0.887. The summed E-state index contributed by atoms with van der Waals surface area (Å²) in [5.74, 6) is 0.810. The molecule has 1 fully saturated rings. The molecule has 0 aliphatic carbocycles. The van der Waals surface area contributed by atoms with Crippen LogP contribution in [0.2, 0.25) is 0 Å². The Morgan fingerprint density at radius 2 is 1.89 bits per heavy atom. The van der Waals surface area contributed by atoms with Gasteiger partial charge in [-0.2, -0.15) is 0 Å². The van der Waals surface area contributed by atoms with Crippen LogP contribution in [0.25, 0.3) is 0 Å². The summed E-state index contributed by atoms with van der Waals surface area (Å²) in [7, 11) is 1.64. The number of urea groups is 1. The molecule has 1 heterocycles. The molecule has 1 saturated heterocycles. The zero-order valence-electron chi connectivity index (χ0n) is 11.7. The van der Waals surface area contributed by atoms with Crippen LogP contribution < -0.4 is 10.1 Å². The van der Waals surface area contributed by atoms with E-state index in [1.807, 2.05) is 30.0 Å². The van der Waals surface area contributed by atoms with Crippen LogP contribution in [0.3, 0.4) is 0 Å². The van der Waals surface area contributed by atoms with Gasteiger partial charge in [-0.15, -0.1) is 0 Å². The number of ether oxygens (including phenoxy) is 1. The fourth-order valence-electron chi connectivity index (χ4n) is 2.37. The second-order valence-electron chi connectivity index (χ2n) is 5.01. The number of aryl methyl sites for hydroxylation is 1. The van der Waals surface area contributed by atoms with Crippen molar-refractivity contribution in [1.29, 1.82) is 0 Å². The number of hydrogen-bond acceptors (Lipinski definition) is 2. The Morgan fingerprint density at radius 1 is 1.21 bits per heavy atom. The smallest absolute Gasteiger partial charge is 0.321 e. The van der Waals surface area contributed by atoms with Crippen molar-refractivity contribution in [3.05, 3.63) is 23.8 Å². The van der Waals surface area contributed by atoms with Crippen LogP contribution in [0.5, 0.6) is 5.75 Å². The first kappa shape index (κ1) is 13.7. The molecule has 4 heteroatoms. The lowest BCUT2D eigenvalue weighted by atomic mass is 10.2. The lowest BCUT2D eigenvalue weighted by molar-refractivity contribution is 0.213. The maximum Gasteiger partial charge on any atom is 0.321 e. The molecule has 2 rings (SSSR count). The monoisotopic (exact) mass is 262 g/mol.